The first-order valence-electron chi connectivity index (χ1n) is 8.24. The molecule has 21 heavy (non-hydrogen) atoms. The summed E-state index contributed by atoms with van der Waals surface area (Å²) in [6.07, 6.45) is 5.09. The molecule has 0 aliphatic heterocycles. The van der Waals surface area contributed by atoms with E-state index < -0.39 is 0 Å². The maximum Gasteiger partial charge on any atom is 0.0443 e. The molecule has 0 radical (unpaired) electrons. The average Bonchev–Trinajstić information content (AvgIpc) is 3.24. The minimum atomic E-state index is 0.582. The van der Waals surface area contributed by atoms with Crippen molar-refractivity contribution in [3.05, 3.63) is 46.8 Å². The Kier molecular flexibility index (Phi) is 4.77. The van der Waals surface area contributed by atoms with Crippen molar-refractivity contribution in [2.75, 3.05) is 6.54 Å². The van der Waals surface area contributed by atoms with Crippen LogP contribution in [0.1, 0.15) is 49.6 Å². The van der Waals surface area contributed by atoms with Crippen molar-refractivity contribution >= 4 is 11.3 Å². The van der Waals surface area contributed by atoms with Gasteiger partial charge in [0.1, 0.15) is 0 Å². The molecule has 0 amide bonds. The number of nitrogens with one attached hydrogen (secondary N) is 1. The van der Waals surface area contributed by atoms with Crippen LogP contribution >= 0.6 is 11.3 Å². The lowest BCUT2D eigenvalue weighted by Gasteiger charge is -2.16. The Hall–Kier alpha value is -1.12. The Morgan fingerprint density at radius 3 is 2.76 bits per heavy atom. The molecule has 1 fully saturated rings. The number of rotatable bonds is 7. The van der Waals surface area contributed by atoms with Crippen molar-refractivity contribution in [3.63, 3.8) is 0 Å². The number of hydrogen-bond donors (Lipinski definition) is 1. The van der Waals surface area contributed by atoms with Gasteiger partial charge in [0.05, 0.1) is 0 Å². The van der Waals surface area contributed by atoms with Gasteiger partial charge in [0, 0.05) is 15.8 Å². The Balaban J connectivity index is 1.80. The highest BCUT2D eigenvalue weighted by molar-refractivity contribution is 7.15. The highest BCUT2D eigenvalue weighted by atomic mass is 32.1. The minimum Gasteiger partial charge on any atom is -0.309 e. The summed E-state index contributed by atoms with van der Waals surface area (Å²) in [6.45, 7) is 5.59. The van der Waals surface area contributed by atoms with Crippen molar-refractivity contribution in [1.29, 1.82) is 0 Å². The molecular weight excluding hydrogens is 274 g/mol. The van der Waals surface area contributed by atoms with Crippen LogP contribution in [0.2, 0.25) is 0 Å². The fourth-order valence-electron chi connectivity index (χ4n) is 2.85. The molecule has 1 aromatic carbocycles. The van der Waals surface area contributed by atoms with Crippen LogP contribution in [0.5, 0.6) is 0 Å². The second-order valence-corrected chi connectivity index (χ2v) is 7.14. The third kappa shape index (κ3) is 3.56. The normalized spacial score (nSPS) is 16.1. The summed E-state index contributed by atoms with van der Waals surface area (Å²) < 4.78 is 0. The molecule has 1 aliphatic rings. The zero-order valence-electron chi connectivity index (χ0n) is 13.1. The van der Waals surface area contributed by atoms with Crippen LogP contribution < -0.4 is 5.32 Å². The first-order chi connectivity index (χ1) is 10.3. The number of thiophene rings is 1. The van der Waals surface area contributed by atoms with Gasteiger partial charge in [-0.15, -0.1) is 11.3 Å². The lowest BCUT2D eigenvalue weighted by atomic mass is 10.1. The molecule has 1 aromatic heterocycles. The van der Waals surface area contributed by atoms with E-state index in [9.17, 15) is 0 Å². The SMILES string of the molecule is CCCNC(c1ccc(-c2cccc(CC)c2)s1)C1CC1. The van der Waals surface area contributed by atoms with Gasteiger partial charge in [0.2, 0.25) is 0 Å². The standard InChI is InChI=1S/C19H25NS/c1-3-12-20-19(15-8-9-15)18-11-10-17(21-18)16-7-5-6-14(4-2)13-16/h5-7,10-11,13,15,19-20H,3-4,8-9,12H2,1-2H3. The van der Waals surface area contributed by atoms with Gasteiger partial charge in [-0.05, 0) is 61.4 Å². The lowest BCUT2D eigenvalue weighted by Crippen LogP contribution is -2.22. The fourth-order valence-corrected chi connectivity index (χ4v) is 4.02. The van der Waals surface area contributed by atoms with E-state index >= 15 is 0 Å². The summed E-state index contributed by atoms with van der Waals surface area (Å²) in [7, 11) is 0. The van der Waals surface area contributed by atoms with Crippen molar-refractivity contribution in [2.24, 2.45) is 5.92 Å². The minimum absolute atomic E-state index is 0.582. The molecule has 3 rings (SSSR count). The van der Waals surface area contributed by atoms with Crippen LogP contribution in [0.15, 0.2) is 36.4 Å². The largest absolute Gasteiger partial charge is 0.309 e. The first-order valence-corrected chi connectivity index (χ1v) is 9.06. The highest BCUT2D eigenvalue weighted by Crippen LogP contribution is 2.44. The van der Waals surface area contributed by atoms with E-state index in [0.29, 0.717) is 6.04 Å². The van der Waals surface area contributed by atoms with E-state index in [1.54, 1.807) is 0 Å². The summed E-state index contributed by atoms with van der Waals surface area (Å²) in [5, 5.41) is 3.75. The monoisotopic (exact) mass is 299 g/mol. The van der Waals surface area contributed by atoms with E-state index in [2.05, 4.69) is 55.6 Å². The molecule has 112 valence electrons. The molecule has 2 heteroatoms. The van der Waals surface area contributed by atoms with Crippen LogP contribution in [-0.4, -0.2) is 6.54 Å². The Labute approximate surface area is 132 Å². The lowest BCUT2D eigenvalue weighted by molar-refractivity contribution is 0.488. The van der Waals surface area contributed by atoms with Crippen LogP contribution in [0.25, 0.3) is 10.4 Å². The third-order valence-corrected chi connectivity index (χ3v) is 5.48. The number of hydrogen-bond acceptors (Lipinski definition) is 2. The predicted octanol–water partition coefficient (Wildman–Crippen LogP) is 5.43. The third-order valence-electron chi connectivity index (χ3n) is 4.26. The second-order valence-electron chi connectivity index (χ2n) is 6.03. The van der Waals surface area contributed by atoms with Crippen LogP contribution in [-0.2, 0) is 6.42 Å². The van der Waals surface area contributed by atoms with Gasteiger partial charge in [-0.2, -0.15) is 0 Å². The smallest absolute Gasteiger partial charge is 0.0443 e. The van der Waals surface area contributed by atoms with Crippen molar-refractivity contribution < 1.29 is 0 Å². The Morgan fingerprint density at radius 2 is 2.05 bits per heavy atom. The van der Waals surface area contributed by atoms with E-state index in [-0.39, 0.29) is 0 Å². The van der Waals surface area contributed by atoms with Gasteiger partial charge in [-0.3, -0.25) is 0 Å². The summed E-state index contributed by atoms with van der Waals surface area (Å²) in [5.74, 6) is 0.866. The van der Waals surface area contributed by atoms with Crippen LogP contribution in [0, 0.1) is 5.92 Å². The van der Waals surface area contributed by atoms with E-state index in [1.165, 1.54) is 40.1 Å². The van der Waals surface area contributed by atoms with E-state index in [0.717, 1.165) is 18.9 Å². The summed E-state index contributed by atoms with van der Waals surface area (Å²) in [5.41, 5.74) is 2.79. The quantitative estimate of drug-likeness (QED) is 0.719. The van der Waals surface area contributed by atoms with Crippen LogP contribution in [0.3, 0.4) is 0 Å². The van der Waals surface area contributed by atoms with Crippen molar-refractivity contribution in [1.82, 2.24) is 5.32 Å². The van der Waals surface area contributed by atoms with Gasteiger partial charge >= 0.3 is 0 Å². The molecule has 1 aliphatic carbocycles. The van der Waals surface area contributed by atoms with Gasteiger partial charge in [0.25, 0.3) is 0 Å². The molecule has 1 unspecified atom stereocenters. The van der Waals surface area contributed by atoms with Crippen molar-refractivity contribution in [3.8, 4) is 10.4 Å². The Morgan fingerprint density at radius 1 is 1.19 bits per heavy atom. The number of benzene rings is 1. The van der Waals surface area contributed by atoms with E-state index in [4.69, 9.17) is 0 Å². The molecule has 0 bridgehead atoms. The predicted molar refractivity (Wildman–Crippen MR) is 92.9 cm³/mol. The zero-order valence-corrected chi connectivity index (χ0v) is 13.9. The molecule has 0 spiro atoms. The van der Waals surface area contributed by atoms with Gasteiger partial charge in [-0.1, -0.05) is 38.1 Å². The molecule has 0 saturated heterocycles. The topological polar surface area (TPSA) is 12.0 Å². The maximum atomic E-state index is 3.75. The Bertz CT molecular complexity index is 583. The number of aryl methyl sites for hydroxylation is 1. The molecule has 1 N–H and O–H groups in total. The summed E-state index contributed by atoms with van der Waals surface area (Å²) >= 11 is 1.97. The average molecular weight is 299 g/mol. The van der Waals surface area contributed by atoms with Crippen LogP contribution in [0.4, 0.5) is 0 Å². The van der Waals surface area contributed by atoms with Gasteiger partial charge in [-0.25, -0.2) is 0 Å². The summed E-state index contributed by atoms with van der Waals surface area (Å²) in [6, 6.07) is 14.2. The molecule has 1 heterocycles. The highest BCUT2D eigenvalue weighted by Gasteiger charge is 2.32. The molecule has 2 aromatic rings. The van der Waals surface area contributed by atoms with Gasteiger partial charge in [0.15, 0.2) is 0 Å². The molecular formula is C19H25NS. The maximum absolute atomic E-state index is 3.75. The summed E-state index contributed by atoms with van der Waals surface area (Å²) in [4.78, 5) is 2.92. The molecule has 1 saturated carbocycles. The van der Waals surface area contributed by atoms with Crippen molar-refractivity contribution in [2.45, 2.75) is 45.6 Å². The molecule has 1 nitrogen and oxygen atoms in total. The second kappa shape index (κ2) is 6.76. The fraction of sp³-hybridized carbons (Fsp3) is 0.474. The first kappa shape index (κ1) is 14.8. The zero-order chi connectivity index (χ0) is 14.7. The van der Waals surface area contributed by atoms with E-state index in [1.807, 2.05) is 11.3 Å². The molecule has 1 atom stereocenters. The van der Waals surface area contributed by atoms with Gasteiger partial charge < -0.3 is 5.32 Å².